The van der Waals surface area contributed by atoms with Gasteiger partial charge in [0.2, 0.25) is 0 Å². The maximum Gasteiger partial charge on any atom is 0.467 e. The quantitative estimate of drug-likeness (QED) is 0.415. The number of hydrogen-bond acceptors (Lipinski definition) is 5. The van der Waals surface area contributed by atoms with Gasteiger partial charge in [-0.15, -0.1) is 0 Å². The third-order valence-electron chi connectivity index (χ3n) is 7.06. The van der Waals surface area contributed by atoms with E-state index in [2.05, 4.69) is 79.7 Å². The molecule has 3 rings (SSSR count). The molecule has 1 unspecified atom stereocenters. The first-order valence-electron chi connectivity index (χ1n) is 11.3. The molecule has 0 bridgehead atoms. The lowest BCUT2D eigenvalue weighted by atomic mass is 9.71. The zero-order valence-corrected chi connectivity index (χ0v) is 20.4. The van der Waals surface area contributed by atoms with Crippen molar-refractivity contribution in [2.45, 2.75) is 96.5 Å². The van der Waals surface area contributed by atoms with E-state index in [9.17, 15) is 0 Å². The highest BCUT2D eigenvalue weighted by Gasteiger charge is 2.53. The van der Waals surface area contributed by atoms with Crippen LogP contribution in [0.5, 0.6) is 0 Å². The van der Waals surface area contributed by atoms with E-state index in [0.29, 0.717) is 19.5 Å². The fourth-order valence-corrected chi connectivity index (χ4v) is 3.60. The number of rotatable bonds is 8. The molecule has 2 saturated heterocycles. The van der Waals surface area contributed by atoms with Crippen LogP contribution in [0.15, 0.2) is 42.5 Å². The van der Waals surface area contributed by atoms with Gasteiger partial charge in [-0.05, 0) is 61.0 Å². The second-order valence-corrected chi connectivity index (χ2v) is 10.6. The van der Waals surface area contributed by atoms with E-state index < -0.39 is 0 Å². The molecule has 0 aromatic heterocycles. The maximum atomic E-state index is 6.30. The van der Waals surface area contributed by atoms with E-state index in [4.69, 9.17) is 23.4 Å². The lowest BCUT2D eigenvalue weighted by Gasteiger charge is -2.32. The maximum absolute atomic E-state index is 6.30. The molecule has 31 heavy (non-hydrogen) atoms. The van der Waals surface area contributed by atoms with Gasteiger partial charge >= 0.3 is 14.2 Å². The minimum absolute atomic E-state index is 0.0350. The van der Waals surface area contributed by atoms with Gasteiger partial charge in [-0.25, -0.2) is 0 Å². The Bertz CT molecular complexity index is 728. The monoisotopic (exact) mass is 428 g/mol. The number of benzene rings is 1. The standard InChI is InChI=1S/C24H38B2O5/c1-21(2)22(3,4)29-25(28-21)16-12-15-20(18-27-17-19-13-10-9-11-14-19)26-30-23(5,6)24(7,8)31-26/h9-15,20H,16-18H2,1-8H3/b15-12-. The molecule has 0 aliphatic carbocycles. The van der Waals surface area contributed by atoms with Crippen LogP contribution >= 0.6 is 0 Å². The van der Waals surface area contributed by atoms with E-state index in [1.807, 2.05) is 18.2 Å². The summed E-state index contributed by atoms with van der Waals surface area (Å²) in [6.45, 7) is 17.6. The summed E-state index contributed by atoms with van der Waals surface area (Å²) in [6, 6.07) is 10.2. The molecular weight excluding hydrogens is 390 g/mol. The molecule has 2 aliphatic heterocycles. The molecule has 170 valence electrons. The van der Waals surface area contributed by atoms with E-state index in [1.165, 1.54) is 0 Å². The van der Waals surface area contributed by atoms with Gasteiger partial charge in [0.25, 0.3) is 0 Å². The highest BCUT2D eigenvalue weighted by atomic mass is 16.7. The minimum atomic E-state index is -0.380. The molecule has 2 heterocycles. The lowest BCUT2D eigenvalue weighted by molar-refractivity contribution is 0.00578. The molecule has 0 saturated carbocycles. The Morgan fingerprint density at radius 3 is 1.87 bits per heavy atom. The van der Waals surface area contributed by atoms with Crippen LogP contribution in [0, 0.1) is 0 Å². The van der Waals surface area contributed by atoms with Gasteiger partial charge in [-0.1, -0.05) is 42.5 Å². The lowest BCUT2D eigenvalue weighted by Crippen LogP contribution is -2.41. The molecule has 0 radical (unpaired) electrons. The Morgan fingerprint density at radius 2 is 1.32 bits per heavy atom. The van der Waals surface area contributed by atoms with Gasteiger partial charge in [0.15, 0.2) is 0 Å². The summed E-state index contributed by atoms with van der Waals surface area (Å²) in [5.74, 6) is -0.0350. The number of ether oxygens (including phenoxy) is 1. The average Bonchev–Trinajstić information content (AvgIpc) is 3.00. The van der Waals surface area contributed by atoms with E-state index in [0.717, 1.165) is 5.56 Å². The largest absolute Gasteiger partial charge is 0.467 e. The van der Waals surface area contributed by atoms with Gasteiger partial charge in [0.1, 0.15) is 0 Å². The van der Waals surface area contributed by atoms with E-state index in [-0.39, 0.29) is 42.5 Å². The van der Waals surface area contributed by atoms with Crippen molar-refractivity contribution in [2.75, 3.05) is 6.61 Å². The van der Waals surface area contributed by atoms with Crippen LogP contribution in [0.2, 0.25) is 12.1 Å². The Labute approximate surface area is 189 Å². The van der Waals surface area contributed by atoms with Crippen LogP contribution in [0.1, 0.15) is 61.0 Å². The third-order valence-corrected chi connectivity index (χ3v) is 7.06. The van der Waals surface area contributed by atoms with Crippen molar-refractivity contribution in [2.24, 2.45) is 0 Å². The first kappa shape index (κ1) is 24.5. The van der Waals surface area contributed by atoms with Gasteiger partial charge in [-0.2, -0.15) is 0 Å². The predicted octanol–water partition coefficient (Wildman–Crippen LogP) is 5.31. The highest BCUT2D eigenvalue weighted by Crippen LogP contribution is 2.41. The zero-order chi connectivity index (χ0) is 22.9. The van der Waals surface area contributed by atoms with Gasteiger partial charge < -0.3 is 23.4 Å². The zero-order valence-electron chi connectivity index (χ0n) is 20.4. The van der Waals surface area contributed by atoms with Crippen molar-refractivity contribution in [1.29, 1.82) is 0 Å². The van der Waals surface area contributed by atoms with Crippen LogP contribution < -0.4 is 0 Å². The molecule has 1 aromatic carbocycles. The summed E-state index contributed by atoms with van der Waals surface area (Å²) >= 11 is 0. The van der Waals surface area contributed by atoms with Crippen LogP contribution in [0.3, 0.4) is 0 Å². The van der Waals surface area contributed by atoms with Gasteiger partial charge in [0, 0.05) is 12.1 Å². The normalized spacial score (nSPS) is 24.8. The van der Waals surface area contributed by atoms with Crippen molar-refractivity contribution < 1.29 is 23.4 Å². The number of allylic oxidation sites excluding steroid dienone is 1. The van der Waals surface area contributed by atoms with Crippen molar-refractivity contribution in [3.05, 3.63) is 48.0 Å². The molecule has 5 nitrogen and oxygen atoms in total. The van der Waals surface area contributed by atoms with Crippen molar-refractivity contribution >= 4 is 14.2 Å². The second kappa shape index (κ2) is 9.03. The fraction of sp³-hybridized carbons (Fsp3) is 0.667. The van der Waals surface area contributed by atoms with E-state index in [1.54, 1.807) is 0 Å². The van der Waals surface area contributed by atoms with Crippen molar-refractivity contribution in [1.82, 2.24) is 0 Å². The van der Waals surface area contributed by atoms with Crippen LogP contribution in [0.25, 0.3) is 0 Å². The summed E-state index contributed by atoms with van der Waals surface area (Å²) in [4.78, 5) is 0. The summed E-state index contributed by atoms with van der Waals surface area (Å²) < 4.78 is 30.9. The van der Waals surface area contributed by atoms with Gasteiger partial charge in [-0.3, -0.25) is 0 Å². The summed E-state index contributed by atoms with van der Waals surface area (Å²) in [5.41, 5.74) is -0.259. The molecule has 0 N–H and O–H groups in total. The predicted molar refractivity (Wildman–Crippen MR) is 126 cm³/mol. The third kappa shape index (κ3) is 5.63. The summed E-state index contributed by atoms with van der Waals surface area (Å²) in [6.07, 6.45) is 4.89. The van der Waals surface area contributed by atoms with E-state index >= 15 is 0 Å². The molecule has 2 aliphatic rings. The molecule has 7 heteroatoms. The van der Waals surface area contributed by atoms with Crippen molar-refractivity contribution in [3.63, 3.8) is 0 Å². The Kier molecular flexibility index (Phi) is 7.14. The molecule has 2 fully saturated rings. The molecule has 0 spiro atoms. The first-order chi connectivity index (χ1) is 14.3. The Hall–Kier alpha value is -1.11. The minimum Gasteiger partial charge on any atom is -0.403 e. The number of hydrogen-bond donors (Lipinski definition) is 0. The molecule has 1 atom stereocenters. The van der Waals surface area contributed by atoms with Crippen LogP contribution in [-0.2, 0) is 30.0 Å². The average molecular weight is 428 g/mol. The molecular formula is C24H38B2O5. The molecule has 0 amide bonds. The Balaban J connectivity index is 1.63. The summed E-state index contributed by atoms with van der Waals surface area (Å²) in [5, 5.41) is 0. The SMILES string of the molecule is CC1(C)OB(C/C=C\C(COCc2ccccc2)B2OC(C)(C)C(C)(C)O2)OC1(C)C. The Morgan fingerprint density at radius 1 is 0.806 bits per heavy atom. The first-order valence-corrected chi connectivity index (χ1v) is 11.3. The van der Waals surface area contributed by atoms with Crippen LogP contribution in [0.4, 0.5) is 0 Å². The van der Waals surface area contributed by atoms with Crippen molar-refractivity contribution in [3.8, 4) is 0 Å². The van der Waals surface area contributed by atoms with Gasteiger partial charge in [0.05, 0.1) is 35.6 Å². The smallest absolute Gasteiger partial charge is 0.403 e. The second-order valence-electron chi connectivity index (χ2n) is 10.6. The van der Waals surface area contributed by atoms with Crippen LogP contribution in [-0.4, -0.2) is 43.2 Å². The fourth-order valence-electron chi connectivity index (χ4n) is 3.60. The molecule has 1 aromatic rings. The highest BCUT2D eigenvalue weighted by molar-refractivity contribution is 6.48. The summed E-state index contributed by atoms with van der Waals surface area (Å²) in [7, 11) is -0.624. The topological polar surface area (TPSA) is 46.2 Å².